The first kappa shape index (κ1) is 35.5. The third-order valence-electron chi connectivity index (χ3n) is 11.7. The normalized spacial score (nSPS) is 11.5. The molecule has 0 unspecified atom stereocenters. The van der Waals surface area contributed by atoms with Crippen molar-refractivity contribution < 1.29 is 0 Å². The second-order valence-corrected chi connectivity index (χ2v) is 15.6. The molecule has 12 aromatic rings. The molecule has 0 saturated heterocycles. The number of nitrogens with zero attached hydrogens (tertiary/aromatic N) is 6. The monoisotopic (exact) mass is 790 g/mol. The fourth-order valence-corrected chi connectivity index (χ4v) is 8.40. The highest BCUT2D eigenvalue weighted by Gasteiger charge is 2.14. The van der Waals surface area contributed by atoms with E-state index >= 15 is 0 Å². The predicted octanol–water partition coefficient (Wildman–Crippen LogP) is 13.8. The number of aromatic nitrogens is 6. The summed E-state index contributed by atoms with van der Waals surface area (Å²) in [6.07, 6.45) is 1.83. The summed E-state index contributed by atoms with van der Waals surface area (Å²) in [5.41, 5.74) is 14.3. The molecule has 0 radical (unpaired) electrons. The fraction of sp³-hybridized carbons (Fsp3) is 0. The maximum absolute atomic E-state index is 5.19. The minimum atomic E-state index is 0.586. The average molecular weight is 791 g/mol. The SMILES string of the molecule is c1ccc(-c2cc(-c3ccccc3)nc(-c3ccc4ccc(-c5ccc6ccc(-c7ccc8cc(-c9ccc%10ccc%11cccnc%11c%10n9)ccc8c7)nc6c5)cc4n3)n2)cc1. The summed E-state index contributed by atoms with van der Waals surface area (Å²) in [7, 11) is 0. The third-order valence-corrected chi connectivity index (χ3v) is 11.7. The van der Waals surface area contributed by atoms with Gasteiger partial charge >= 0.3 is 0 Å². The molecule has 6 nitrogen and oxygen atoms in total. The van der Waals surface area contributed by atoms with E-state index in [1.807, 2.05) is 60.8 Å². The summed E-state index contributed by atoms with van der Waals surface area (Å²) in [6.45, 7) is 0. The first-order valence-corrected chi connectivity index (χ1v) is 20.7. The van der Waals surface area contributed by atoms with E-state index in [1.165, 1.54) is 0 Å². The molecule has 0 saturated carbocycles. The molecule has 7 aromatic carbocycles. The Kier molecular flexibility index (Phi) is 8.38. The molecule has 0 N–H and O–H groups in total. The van der Waals surface area contributed by atoms with Crippen LogP contribution < -0.4 is 0 Å². The van der Waals surface area contributed by atoms with Crippen molar-refractivity contribution in [1.29, 1.82) is 0 Å². The standard InChI is InChI=1S/C56H34N6/c1-3-8-35(9-4-1)52-34-53(36-10-5-2-6-11-36)62-56(61-52)49-28-24-38-14-18-44(33-51(38)59-49)43-17-13-37-23-26-47(58-50(37)32-43)45-21-19-42-31-46(22-20-41(42)30-45)48-27-25-40-16-15-39-12-7-29-57-54(39)55(40)60-48/h1-34H. The molecule has 0 fully saturated rings. The molecular formula is C56H34N6. The predicted molar refractivity (Wildman–Crippen MR) is 253 cm³/mol. The van der Waals surface area contributed by atoms with Crippen molar-refractivity contribution >= 4 is 54.4 Å². The van der Waals surface area contributed by atoms with E-state index < -0.39 is 0 Å². The Hall–Kier alpha value is -8.48. The summed E-state index contributed by atoms with van der Waals surface area (Å²) >= 11 is 0. The van der Waals surface area contributed by atoms with Crippen LogP contribution in [0.4, 0.5) is 0 Å². The van der Waals surface area contributed by atoms with Gasteiger partial charge in [0.2, 0.25) is 0 Å². The Morgan fingerprint density at radius 1 is 0.242 bits per heavy atom. The van der Waals surface area contributed by atoms with Crippen molar-refractivity contribution in [1.82, 2.24) is 29.9 Å². The van der Waals surface area contributed by atoms with Gasteiger partial charge < -0.3 is 0 Å². The number of fused-ring (bicyclic) bond motifs is 6. The summed E-state index contributed by atoms with van der Waals surface area (Å²) in [5.74, 6) is 0.586. The topological polar surface area (TPSA) is 77.3 Å². The number of hydrogen-bond donors (Lipinski definition) is 0. The molecular weight excluding hydrogens is 757 g/mol. The van der Waals surface area contributed by atoms with Gasteiger partial charge in [-0.05, 0) is 76.5 Å². The first-order chi connectivity index (χ1) is 30.6. The zero-order valence-corrected chi connectivity index (χ0v) is 33.3. The molecule has 0 atom stereocenters. The zero-order chi connectivity index (χ0) is 41.0. The Labute approximate surface area is 357 Å². The van der Waals surface area contributed by atoms with Crippen LogP contribution in [-0.2, 0) is 0 Å². The minimum absolute atomic E-state index is 0.586. The molecule has 5 heterocycles. The lowest BCUT2D eigenvalue weighted by Gasteiger charge is -2.10. The van der Waals surface area contributed by atoms with Gasteiger partial charge in [0.05, 0.1) is 44.8 Å². The maximum Gasteiger partial charge on any atom is 0.179 e. The Balaban J connectivity index is 0.862. The number of rotatable bonds is 6. The van der Waals surface area contributed by atoms with Crippen molar-refractivity contribution in [3.63, 3.8) is 0 Å². The first-order valence-electron chi connectivity index (χ1n) is 20.7. The molecule has 12 rings (SSSR count). The van der Waals surface area contributed by atoms with Crippen LogP contribution in [0, 0.1) is 0 Å². The van der Waals surface area contributed by atoms with Crippen LogP contribution >= 0.6 is 0 Å². The number of benzene rings is 7. The van der Waals surface area contributed by atoms with Gasteiger partial charge in [-0.15, -0.1) is 0 Å². The van der Waals surface area contributed by atoms with Crippen molar-refractivity contribution in [2.75, 3.05) is 0 Å². The average Bonchev–Trinajstić information content (AvgIpc) is 3.35. The van der Waals surface area contributed by atoms with Gasteiger partial charge in [0.1, 0.15) is 5.69 Å². The van der Waals surface area contributed by atoms with E-state index in [0.29, 0.717) is 5.82 Å². The van der Waals surface area contributed by atoms with E-state index in [1.54, 1.807) is 0 Å². The fourth-order valence-electron chi connectivity index (χ4n) is 8.40. The lowest BCUT2D eigenvalue weighted by molar-refractivity contribution is 1.16. The number of pyridine rings is 4. The Morgan fingerprint density at radius 2 is 0.710 bits per heavy atom. The maximum atomic E-state index is 5.19. The third kappa shape index (κ3) is 6.47. The molecule has 5 aromatic heterocycles. The molecule has 0 bridgehead atoms. The van der Waals surface area contributed by atoms with Crippen LogP contribution in [0.25, 0.3) is 122 Å². The summed E-state index contributed by atoms with van der Waals surface area (Å²) in [4.78, 5) is 30.1. The van der Waals surface area contributed by atoms with Crippen LogP contribution in [-0.4, -0.2) is 29.9 Å². The highest BCUT2D eigenvalue weighted by molar-refractivity contribution is 6.03. The molecule has 288 valence electrons. The second-order valence-electron chi connectivity index (χ2n) is 15.6. The Bertz CT molecular complexity index is 3640. The quantitative estimate of drug-likeness (QED) is 0.156. The van der Waals surface area contributed by atoms with Gasteiger partial charge in [0.15, 0.2) is 5.82 Å². The van der Waals surface area contributed by atoms with Gasteiger partial charge in [-0.3, -0.25) is 4.98 Å². The largest absolute Gasteiger partial charge is 0.254 e. The van der Waals surface area contributed by atoms with E-state index in [0.717, 1.165) is 116 Å². The van der Waals surface area contributed by atoms with Crippen molar-refractivity contribution in [2.45, 2.75) is 0 Å². The van der Waals surface area contributed by atoms with Crippen LogP contribution in [0.2, 0.25) is 0 Å². The van der Waals surface area contributed by atoms with E-state index in [4.69, 9.17) is 24.9 Å². The second kappa shape index (κ2) is 14.7. The van der Waals surface area contributed by atoms with Crippen LogP contribution in [0.15, 0.2) is 206 Å². The number of hydrogen-bond acceptors (Lipinski definition) is 6. The summed E-state index contributed by atoms with van der Waals surface area (Å²) in [5, 5.41) is 6.59. The van der Waals surface area contributed by atoms with Crippen molar-refractivity contribution in [2.24, 2.45) is 0 Å². The molecule has 0 spiro atoms. The molecule has 0 aliphatic heterocycles. The molecule has 6 heteroatoms. The van der Waals surface area contributed by atoms with Crippen LogP contribution in [0.5, 0.6) is 0 Å². The molecule has 0 aliphatic rings. The highest BCUT2D eigenvalue weighted by atomic mass is 14.9. The van der Waals surface area contributed by atoms with E-state index in [9.17, 15) is 0 Å². The van der Waals surface area contributed by atoms with Gasteiger partial charge in [0, 0.05) is 50.0 Å². The smallest absolute Gasteiger partial charge is 0.179 e. The molecule has 0 amide bonds. The zero-order valence-electron chi connectivity index (χ0n) is 33.3. The van der Waals surface area contributed by atoms with E-state index in [-0.39, 0.29) is 0 Å². The molecule has 0 aliphatic carbocycles. The summed E-state index contributed by atoms with van der Waals surface area (Å²) < 4.78 is 0. The van der Waals surface area contributed by atoms with Crippen LogP contribution in [0.3, 0.4) is 0 Å². The highest BCUT2D eigenvalue weighted by Crippen LogP contribution is 2.33. The Morgan fingerprint density at radius 3 is 1.32 bits per heavy atom. The van der Waals surface area contributed by atoms with Gasteiger partial charge in [-0.2, -0.15) is 0 Å². The van der Waals surface area contributed by atoms with Gasteiger partial charge in [-0.1, -0.05) is 146 Å². The van der Waals surface area contributed by atoms with Crippen LogP contribution in [0.1, 0.15) is 0 Å². The van der Waals surface area contributed by atoms with E-state index in [2.05, 4.69) is 151 Å². The molecule has 62 heavy (non-hydrogen) atoms. The van der Waals surface area contributed by atoms with Crippen molar-refractivity contribution in [3.05, 3.63) is 206 Å². The van der Waals surface area contributed by atoms with Gasteiger partial charge in [0.25, 0.3) is 0 Å². The minimum Gasteiger partial charge on any atom is -0.254 e. The van der Waals surface area contributed by atoms with Crippen molar-refractivity contribution in [3.8, 4) is 67.7 Å². The lowest BCUT2D eigenvalue weighted by Crippen LogP contribution is -1.97. The van der Waals surface area contributed by atoms with Gasteiger partial charge in [-0.25, -0.2) is 24.9 Å². The lowest BCUT2D eigenvalue weighted by atomic mass is 9.99. The summed E-state index contributed by atoms with van der Waals surface area (Å²) in [6, 6.07) is 69.3.